The number of imide groups is 1. The third-order valence-corrected chi connectivity index (χ3v) is 6.00. The number of carbonyl (C=O) groups excluding carboxylic acids is 2. The van der Waals surface area contributed by atoms with E-state index in [1.165, 1.54) is 4.90 Å². The number of carbonyl (C=O) groups is 2. The van der Waals surface area contributed by atoms with E-state index < -0.39 is 35.7 Å². The van der Waals surface area contributed by atoms with Gasteiger partial charge in [-0.15, -0.1) is 0 Å². The number of benzene rings is 2. The summed E-state index contributed by atoms with van der Waals surface area (Å²) in [4.78, 5) is 27.9. The molecule has 0 saturated carbocycles. The van der Waals surface area contributed by atoms with Gasteiger partial charge in [0.25, 0.3) is 0 Å². The van der Waals surface area contributed by atoms with Crippen molar-refractivity contribution in [2.24, 2.45) is 17.8 Å². The Bertz CT molecular complexity index is 839. The molecular weight excluding hydrogens is 378 g/mol. The van der Waals surface area contributed by atoms with E-state index in [0.29, 0.717) is 0 Å². The van der Waals surface area contributed by atoms with Gasteiger partial charge in [0.1, 0.15) is 0 Å². The summed E-state index contributed by atoms with van der Waals surface area (Å²) >= 11 is 0. The second-order valence-electron chi connectivity index (χ2n) is 8.76. The molecule has 1 saturated heterocycles. The molecular formula is C25H31NO4. The van der Waals surface area contributed by atoms with E-state index in [-0.39, 0.29) is 11.8 Å². The Labute approximate surface area is 178 Å². The number of aliphatic hydroxyl groups is 1. The first-order valence-corrected chi connectivity index (χ1v) is 10.6. The fourth-order valence-electron chi connectivity index (χ4n) is 4.48. The topological polar surface area (TPSA) is 66.8 Å². The van der Waals surface area contributed by atoms with Gasteiger partial charge in [0.2, 0.25) is 5.91 Å². The van der Waals surface area contributed by atoms with Crippen molar-refractivity contribution in [3.63, 3.8) is 0 Å². The second-order valence-corrected chi connectivity index (χ2v) is 8.76. The van der Waals surface area contributed by atoms with Crippen LogP contribution in [0.2, 0.25) is 0 Å². The number of hydrogen-bond acceptors (Lipinski definition) is 4. The summed E-state index contributed by atoms with van der Waals surface area (Å²) in [6.45, 7) is 9.35. The maximum Gasteiger partial charge on any atom is 0.418 e. The van der Waals surface area contributed by atoms with Crippen molar-refractivity contribution < 1.29 is 19.4 Å². The van der Waals surface area contributed by atoms with Crippen molar-refractivity contribution in [2.45, 2.75) is 52.4 Å². The van der Waals surface area contributed by atoms with Crippen LogP contribution in [-0.2, 0) is 15.1 Å². The molecule has 3 atom stereocenters. The van der Waals surface area contributed by atoms with Crippen LogP contribution in [0.15, 0.2) is 60.7 Å². The Kier molecular flexibility index (Phi) is 6.32. The Morgan fingerprint density at radius 3 is 1.80 bits per heavy atom. The van der Waals surface area contributed by atoms with Gasteiger partial charge in [-0.2, -0.15) is 0 Å². The van der Waals surface area contributed by atoms with E-state index in [4.69, 9.17) is 4.74 Å². The normalized spacial score (nSPS) is 20.3. The van der Waals surface area contributed by atoms with E-state index in [2.05, 4.69) is 0 Å². The van der Waals surface area contributed by atoms with Crippen LogP contribution in [0.3, 0.4) is 0 Å². The highest BCUT2D eigenvalue weighted by molar-refractivity contribution is 5.96. The summed E-state index contributed by atoms with van der Waals surface area (Å²) in [5.41, 5.74) is 0.512. The Hall–Kier alpha value is -2.66. The van der Waals surface area contributed by atoms with Gasteiger partial charge >= 0.3 is 6.09 Å². The molecule has 1 aliphatic rings. The first-order chi connectivity index (χ1) is 14.2. The number of hydrogen-bond donors (Lipinski definition) is 1. The Morgan fingerprint density at radius 1 is 0.933 bits per heavy atom. The van der Waals surface area contributed by atoms with Gasteiger partial charge in [-0.05, 0) is 11.8 Å². The monoisotopic (exact) mass is 409 g/mol. The zero-order chi connectivity index (χ0) is 22.1. The van der Waals surface area contributed by atoms with Gasteiger partial charge in [0, 0.05) is 11.1 Å². The van der Waals surface area contributed by atoms with E-state index in [1.54, 1.807) is 6.92 Å². The van der Waals surface area contributed by atoms with Crippen LogP contribution in [0.5, 0.6) is 0 Å². The molecule has 0 aromatic heterocycles. The summed E-state index contributed by atoms with van der Waals surface area (Å²) in [6, 6.07) is 18.6. The van der Waals surface area contributed by atoms with Crippen LogP contribution in [0.1, 0.15) is 45.7 Å². The standard InChI is InChI=1S/C25H31NO4/c1-16(2)21(27)18(5)23(28)26-22(17(3)4)25(30-24(26)29,19-12-8-6-9-13-19)20-14-10-7-11-15-20/h6-18,21-22,27H,1-5H3/t18-,21+,22-/m0/s1. The first kappa shape index (κ1) is 22.0. The van der Waals surface area contributed by atoms with Gasteiger partial charge in [0.05, 0.1) is 18.1 Å². The fourth-order valence-corrected chi connectivity index (χ4v) is 4.48. The third kappa shape index (κ3) is 3.63. The minimum Gasteiger partial charge on any atom is -0.430 e. The molecule has 5 nitrogen and oxygen atoms in total. The van der Waals surface area contributed by atoms with Crippen LogP contribution in [-0.4, -0.2) is 34.2 Å². The van der Waals surface area contributed by atoms with Gasteiger partial charge in [-0.1, -0.05) is 95.3 Å². The summed E-state index contributed by atoms with van der Waals surface area (Å²) < 4.78 is 6.10. The van der Waals surface area contributed by atoms with Crippen molar-refractivity contribution >= 4 is 12.0 Å². The number of nitrogens with zero attached hydrogens (tertiary/aromatic N) is 1. The van der Waals surface area contributed by atoms with Crippen molar-refractivity contribution in [3.8, 4) is 0 Å². The van der Waals surface area contributed by atoms with Gasteiger partial charge in [-0.25, -0.2) is 9.69 Å². The molecule has 0 spiro atoms. The minimum atomic E-state index is -1.12. The zero-order valence-corrected chi connectivity index (χ0v) is 18.3. The molecule has 0 aliphatic carbocycles. The van der Waals surface area contributed by atoms with Crippen molar-refractivity contribution in [2.75, 3.05) is 0 Å². The highest BCUT2D eigenvalue weighted by Gasteiger charge is 2.59. The molecule has 1 heterocycles. The zero-order valence-electron chi connectivity index (χ0n) is 18.3. The highest BCUT2D eigenvalue weighted by Crippen LogP contribution is 2.47. The Balaban J connectivity index is 2.17. The smallest absolute Gasteiger partial charge is 0.418 e. The summed E-state index contributed by atoms with van der Waals surface area (Å²) in [5, 5.41) is 10.5. The average Bonchev–Trinajstić information content (AvgIpc) is 3.07. The molecule has 2 aromatic carbocycles. The lowest BCUT2D eigenvalue weighted by Gasteiger charge is -2.38. The molecule has 0 bridgehead atoms. The second kappa shape index (κ2) is 8.60. The molecule has 30 heavy (non-hydrogen) atoms. The quantitative estimate of drug-likeness (QED) is 0.758. The minimum absolute atomic E-state index is 0.0794. The van der Waals surface area contributed by atoms with Crippen molar-refractivity contribution in [3.05, 3.63) is 71.8 Å². The molecule has 0 unspecified atom stereocenters. The first-order valence-electron chi connectivity index (χ1n) is 10.6. The molecule has 1 fully saturated rings. The number of ether oxygens (including phenoxy) is 1. The van der Waals surface area contributed by atoms with Crippen LogP contribution in [0, 0.1) is 17.8 Å². The average molecular weight is 410 g/mol. The summed E-state index contributed by atoms with van der Waals surface area (Å²) in [7, 11) is 0. The van der Waals surface area contributed by atoms with E-state index in [9.17, 15) is 14.7 Å². The van der Waals surface area contributed by atoms with Crippen molar-refractivity contribution in [1.82, 2.24) is 4.90 Å². The fraction of sp³-hybridized carbons (Fsp3) is 0.440. The van der Waals surface area contributed by atoms with Gasteiger partial charge in [-0.3, -0.25) is 4.79 Å². The third-order valence-electron chi connectivity index (χ3n) is 6.00. The van der Waals surface area contributed by atoms with Gasteiger partial charge in [0.15, 0.2) is 5.60 Å². The molecule has 2 aromatic rings. The number of amides is 2. The molecule has 1 aliphatic heterocycles. The summed E-state index contributed by atoms with van der Waals surface area (Å²) in [5.74, 6) is -1.31. The van der Waals surface area contributed by atoms with Crippen LogP contribution >= 0.6 is 0 Å². The van der Waals surface area contributed by atoms with Crippen molar-refractivity contribution in [1.29, 1.82) is 0 Å². The number of aliphatic hydroxyl groups excluding tert-OH is 1. The number of rotatable bonds is 6. The summed E-state index contributed by atoms with van der Waals surface area (Å²) in [6.07, 6.45) is -1.52. The van der Waals surface area contributed by atoms with E-state index in [0.717, 1.165) is 11.1 Å². The lowest BCUT2D eigenvalue weighted by molar-refractivity contribution is -0.138. The molecule has 1 N–H and O–H groups in total. The SMILES string of the molecule is CC(C)[C@@H](O)[C@H](C)C(=O)N1C(=O)OC(c2ccccc2)(c2ccccc2)[C@@H]1C(C)C. The highest BCUT2D eigenvalue weighted by atomic mass is 16.6. The van der Waals surface area contributed by atoms with Crippen LogP contribution < -0.4 is 0 Å². The van der Waals surface area contributed by atoms with E-state index in [1.807, 2.05) is 88.4 Å². The number of cyclic esters (lactones) is 1. The molecule has 3 rings (SSSR count). The lowest BCUT2D eigenvalue weighted by atomic mass is 9.75. The molecule has 160 valence electrons. The predicted molar refractivity (Wildman–Crippen MR) is 116 cm³/mol. The molecule has 5 heteroatoms. The van der Waals surface area contributed by atoms with Gasteiger partial charge < -0.3 is 9.84 Å². The van der Waals surface area contributed by atoms with Crippen LogP contribution in [0.4, 0.5) is 4.79 Å². The predicted octanol–water partition coefficient (Wildman–Crippen LogP) is 4.59. The maximum absolute atomic E-state index is 13.4. The Morgan fingerprint density at radius 2 is 1.40 bits per heavy atom. The van der Waals surface area contributed by atoms with E-state index >= 15 is 0 Å². The van der Waals surface area contributed by atoms with Crippen LogP contribution in [0.25, 0.3) is 0 Å². The molecule has 0 radical (unpaired) electrons. The molecule has 2 amide bonds. The largest absolute Gasteiger partial charge is 0.430 e. The lowest BCUT2D eigenvalue weighted by Crippen LogP contribution is -2.52. The maximum atomic E-state index is 13.4.